The zero-order chi connectivity index (χ0) is 9.26. The normalized spacial score (nSPS) is 19.3. The number of benzene rings is 1. The van der Waals surface area contributed by atoms with Crippen LogP contribution in [0.25, 0.3) is 0 Å². The number of fused-ring (bicyclic) bond motifs is 1. The largest absolute Gasteiger partial charge is 0.235 e. The third-order valence-corrected chi connectivity index (χ3v) is 2.86. The van der Waals surface area contributed by atoms with E-state index in [0.717, 1.165) is 22.9 Å². The summed E-state index contributed by atoms with van der Waals surface area (Å²) in [5, 5.41) is 0. The molecule has 0 fully saturated rings. The third-order valence-electron chi connectivity index (χ3n) is 2.36. The molecule has 0 N–H and O–H groups in total. The molecule has 0 aliphatic heterocycles. The minimum Gasteiger partial charge on any atom is -0.211 e. The van der Waals surface area contributed by atoms with Crippen molar-refractivity contribution in [3.8, 4) is 0 Å². The Morgan fingerprint density at radius 3 is 3.15 bits per heavy atom. The van der Waals surface area contributed by atoms with Crippen LogP contribution in [0.5, 0.6) is 0 Å². The fourth-order valence-electron chi connectivity index (χ4n) is 1.75. The number of carbonyl (C=O) groups excluding carboxylic acids is 1. The number of aliphatic imine (C=N–C) groups is 1. The van der Waals surface area contributed by atoms with Crippen molar-refractivity contribution in [3.05, 3.63) is 33.8 Å². The van der Waals surface area contributed by atoms with Crippen molar-refractivity contribution in [2.75, 3.05) is 0 Å². The van der Waals surface area contributed by atoms with E-state index in [1.807, 2.05) is 12.1 Å². The smallest absolute Gasteiger partial charge is 0.211 e. The molecule has 1 aliphatic carbocycles. The fraction of sp³-hybridized carbons (Fsp3) is 0.300. The van der Waals surface area contributed by atoms with E-state index in [9.17, 15) is 4.79 Å². The van der Waals surface area contributed by atoms with Crippen LogP contribution < -0.4 is 0 Å². The lowest BCUT2D eigenvalue weighted by atomic mass is 10.1. The van der Waals surface area contributed by atoms with Crippen LogP contribution in [0.15, 0.2) is 27.7 Å². The highest BCUT2D eigenvalue weighted by Gasteiger charge is 2.21. The quantitative estimate of drug-likeness (QED) is 0.546. The van der Waals surface area contributed by atoms with Gasteiger partial charge in [0.25, 0.3) is 0 Å². The molecule has 0 bridgehead atoms. The summed E-state index contributed by atoms with van der Waals surface area (Å²) in [5.74, 6) is 0. The number of isocyanates is 1. The fourth-order valence-corrected chi connectivity index (χ4v) is 2.13. The summed E-state index contributed by atoms with van der Waals surface area (Å²) in [5.41, 5.74) is 2.46. The van der Waals surface area contributed by atoms with Crippen molar-refractivity contribution in [2.45, 2.75) is 18.9 Å². The molecule has 1 atom stereocenters. The van der Waals surface area contributed by atoms with Gasteiger partial charge in [0.2, 0.25) is 6.08 Å². The molecule has 0 radical (unpaired) electrons. The summed E-state index contributed by atoms with van der Waals surface area (Å²) in [6, 6.07) is 6.17. The monoisotopic (exact) mass is 237 g/mol. The molecular formula is C10H8BrNO. The van der Waals surface area contributed by atoms with Gasteiger partial charge in [0.1, 0.15) is 0 Å². The standard InChI is InChI=1S/C10H8BrNO/c11-8-3-1-7-2-4-10(12-6-13)9(7)5-8/h1,3,5,10H,2,4H2. The van der Waals surface area contributed by atoms with Crippen LogP contribution in [0.2, 0.25) is 0 Å². The zero-order valence-electron chi connectivity index (χ0n) is 6.96. The molecule has 0 saturated carbocycles. The lowest BCUT2D eigenvalue weighted by Gasteiger charge is -2.03. The average molecular weight is 238 g/mol. The molecule has 1 aliphatic rings. The van der Waals surface area contributed by atoms with Gasteiger partial charge in [-0.2, -0.15) is 4.99 Å². The van der Waals surface area contributed by atoms with Crippen molar-refractivity contribution in [1.29, 1.82) is 0 Å². The molecule has 0 heterocycles. The Morgan fingerprint density at radius 2 is 2.38 bits per heavy atom. The second kappa shape index (κ2) is 3.44. The summed E-state index contributed by atoms with van der Waals surface area (Å²) in [4.78, 5) is 13.9. The Balaban J connectivity index is 2.45. The van der Waals surface area contributed by atoms with Crippen molar-refractivity contribution < 1.29 is 4.79 Å². The molecule has 0 spiro atoms. The molecule has 2 rings (SSSR count). The first-order valence-corrected chi connectivity index (χ1v) is 4.96. The molecule has 0 amide bonds. The summed E-state index contributed by atoms with van der Waals surface area (Å²) >= 11 is 3.40. The van der Waals surface area contributed by atoms with Crippen LogP contribution in [-0.4, -0.2) is 6.08 Å². The van der Waals surface area contributed by atoms with Crippen LogP contribution in [0, 0.1) is 0 Å². The average Bonchev–Trinajstić information content (AvgIpc) is 2.49. The predicted octanol–water partition coefficient (Wildman–Crippen LogP) is 2.77. The summed E-state index contributed by atoms with van der Waals surface area (Å²) in [6.45, 7) is 0. The van der Waals surface area contributed by atoms with Crippen LogP contribution in [0.1, 0.15) is 23.6 Å². The van der Waals surface area contributed by atoms with E-state index in [1.165, 1.54) is 5.56 Å². The van der Waals surface area contributed by atoms with Gasteiger partial charge in [0.15, 0.2) is 0 Å². The first-order chi connectivity index (χ1) is 6.31. The first-order valence-electron chi connectivity index (χ1n) is 4.16. The van der Waals surface area contributed by atoms with E-state index in [1.54, 1.807) is 6.08 Å². The zero-order valence-corrected chi connectivity index (χ0v) is 8.54. The number of rotatable bonds is 1. The predicted molar refractivity (Wildman–Crippen MR) is 53.3 cm³/mol. The van der Waals surface area contributed by atoms with Crippen molar-refractivity contribution >= 4 is 22.0 Å². The highest BCUT2D eigenvalue weighted by molar-refractivity contribution is 9.10. The number of halogens is 1. The maximum atomic E-state index is 10.2. The second-order valence-electron chi connectivity index (χ2n) is 3.12. The van der Waals surface area contributed by atoms with Crippen molar-refractivity contribution in [1.82, 2.24) is 0 Å². The Morgan fingerprint density at radius 1 is 1.54 bits per heavy atom. The van der Waals surface area contributed by atoms with Gasteiger partial charge in [0.05, 0.1) is 6.04 Å². The van der Waals surface area contributed by atoms with Crippen LogP contribution in [0.4, 0.5) is 0 Å². The topological polar surface area (TPSA) is 29.4 Å². The third kappa shape index (κ3) is 1.58. The SMILES string of the molecule is O=C=NC1CCc2ccc(Br)cc21. The molecule has 13 heavy (non-hydrogen) atoms. The van der Waals surface area contributed by atoms with Gasteiger partial charge in [-0.15, -0.1) is 0 Å². The van der Waals surface area contributed by atoms with E-state index in [4.69, 9.17) is 0 Å². The second-order valence-corrected chi connectivity index (χ2v) is 4.03. The molecule has 66 valence electrons. The summed E-state index contributed by atoms with van der Waals surface area (Å²) in [6.07, 6.45) is 3.57. The van der Waals surface area contributed by atoms with Crippen molar-refractivity contribution in [2.24, 2.45) is 4.99 Å². The lowest BCUT2D eigenvalue weighted by molar-refractivity contribution is 0.557. The van der Waals surface area contributed by atoms with E-state index in [-0.39, 0.29) is 6.04 Å². The molecule has 3 heteroatoms. The number of aryl methyl sites for hydroxylation is 1. The lowest BCUT2D eigenvalue weighted by Crippen LogP contribution is -1.88. The molecule has 0 saturated heterocycles. The van der Waals surface area contributed by atoms with Gasteiger partial charge in [0, 0.05) is 4.47 Å². The van der Waals surface area contributed by atoms with Crippen LogP contribution in [-0.2, 0) is 11.2 Å². The minimum absolute atomic E-state index is 0.0324. The van der Waals surface area contributed by atoms with E-state index < -0.39 is 0 Å². The highest BCUT2D eigenvalue weighted by Crippen LogP contribution is 2.35. The maximum absolute atomic E-state index is 10.2. The molecule has 1 unspecified atom stereocenters. The van der Waals surface area contributed by atoms with Gasteiger partial charge < -0.3 is 0 Å². The number of nitrogens with zero attached hydrogens (tertiary/aromatic N) is 1. The number of hydrogen-bond donors (Lipinski definition) is 0. The number of hydrogen-bond acceptors (Lipinski definition) is 2. The molecule has 2 nitrogen and oxygen atoms in total. The molecular weight excluding hydrogens is 230 g/mol. The van der Waals surface area contributed by atoms with Crippen LogP contribution >= 0.6 is 15.9 Å². The molecule has 1 aromatic carbocycles. The maximum Gasteiger partial charge on any atom is 0.235 e. The molecule has 0 aromatic heterocycles. The van der Waals surface area contributed by atoms with Gasteiger partial charge in [-0.05, 0) is 36.1 Å². The Hall–Kier alpha value is -0.920. The Kier molecular flexibility index (Phi) is 2.30. The van der Waals surface area contributed by atoms with Gasteiger partial charge in [-0.1, -0.05) is 22.0 Å². The van der Waals surface area contributed by atoms with E-state index in [0.29, 0.717) is 0 Å². The van der Waals surface area contributed by atoms with Gasteiger partial charge in [-0.25, -0.2) is 4.79 Å². The van der Waals surface area contributed by atoms with Gasteiger partial charge >= 0.3 is 0 Å². The van der Waals surface area contributed by atoms with E-state index in [2.05, 4.69) is 27.0 Å². The van der Waals surface area contributed by atoms with Gasteiger partial charge in [-0.3, -0.25) is 0 Å². The minimum atomic E-state index is 0.0324. The summed E-state index contributed by atoms with van der Waals surface area (Å²) in [7, 11) is 0. The highest BCUT2D eigenvalue weighted by atomic mass is 79.9. The Bertz CT molecular complexity index is 383. The summed E-state index contributed by atoms with van der Waals surface area (Å²) < 4.78 is 1.04. The Labute approximate surface area is 84.8 Å². The van der Waals surface area contributed by atoms with Crippen LogP contribution in [0.3, 0.4) is 0 Å². The van der Waals surface area contributed by atoms with Crippen molar-refractivity contribution in [3.63, 3.8) is 0 Å². The first kappa shape index (κ1) is 8.67. The van der Waals surface area contributed by atoms with E-state index >= 15 is 0 Å². The molecule has 1 aromatic rings.